The smallest absolute Gasteiger partial charge is 0.251 e. The van der Waals surface area contributed by atoms with E-state index in [0.717, 1.165) is 50.8 Å². The summed E-state index contributed by atoms with van der Waals surface area (Å²) in [6, 6.07) is 5.66. The van der Waals surface area contributed by atoms with Crippen LogP contribution in [-0.2, 0) is 42.7 Å². The Morgan fingerprint density at radius 2 is 1.34 bits per heavy atom. The lowest BCUT2D eigenvalue weighted by Gasteiger charge is -2.49. The molecule has 4 saturated heterocycles. The monoisotopic (exact) mass is 1360 g/mol. The molecule has 7 aliphatic rings. The van der Waals surface area contributed by atoms with E-state index in [2.05, 4.69) is 26.4 Å². The van der Waals surface area contributed by atoms with Crippen molar-refractivity contribution in [1.82, 2.24) is 31.2 Å². The van der Waals surface area contributed by atoms with E-state index >= 15 is 0 Å². The largest absolute Gasteiger partial charge is 0.397 e. The number of aliphatic hydroxyl groups is 8. The van der Waals surface area contributed by atoms with Crippen molar-refractivity contribution in [2.24, 2.45) is 40.3 Å². The number of nitroso groups, excluding NO2 is 1. The van der Waals surface area contributed by atoms with Gasteiger partial charge in [0.2, 0.25) is 5.91 Å². The molecule has 24 atom stereocenters. The van der Waals surface area contributed by atoms with Gasteiger partial charge in [-0.05, 0) is 106 Å². The molecule has 538 valence electrons. The van der Waals surface area contributed by atoms with Crippen molar-refractivity contribution in [3.63, 3.8) is 0 Å². The first-order chi connectivity index (χ1) is 46.1. The predicted molar refractivity (Wildman–Crippen MR) is 341 cm³/mol. The van der Waals surface area contributed by atoms with E-state index in [-0.39, 0.29) is 53.0 Å². The molecule has 30 heteroatoms. The summed E-state index contributed by atoms with van der Waals surface area (Å²) in [6.45, 7) is 6.18. The number of hydrogen-bond donors (Lipinski definition) is 15. The molecule has 0 radical (unpaired) electrons. The molecular weight excluding hydrogens is 1260 g/mol. The van der Waals surface area contributed by atoms with Crippen LogP contribution in [-0.4, -0.2) is 249 Å². The molecule has 15 unspecified atom stereocenters. The van der Waals surface area contributed by atoms with Gasteiger partial charge in [0, 0.05) is 50.4 Å². The molecule has 3 saturated carbocycles. The van der Waals surface area contributed by atoms with Crippen molar-refractivity contribution >= 4 is 23.2 Å². The van der Waals surface area contributed by atoms with E-state index in [0.29, 0.717) is 82.0 Å². The van der Waals surface area contributed by atoms with Gasteiger partial charge in [0.1, 0.15) is 90.8 Å². The second-order valence-corrected chi connectivity index (χ2v) is 27.0. The van der Waals surface area contributed by atoms with Crippen LogP contribution in [0.15, 0.2) is 66.1 Å². The zero-order chi connectivity index (χ0) is 68.9. The molecule has 4 heterocycles. The number of hydrogen-bond acceptors (Lipinski definition) is 26. The number of halogens is 2. The van der Waals surface area contributed by atoms with E-state index in [1.165, 1.54) is 49.5 Å². The minimum Gasteiger partial charge on any atom is -0.397 e. The first-order valence-corrected chi connectivity index (χ1v) is 34.0. The van der Waals surface area contributed by atoms with E-state index in [9.17, 15) is 69.3 Å². The summed E-state index contributed by atoms with van der Waals surface area (Å²) in [5.74, 6) is -2.29. The first kappa shape index (κ1) is 75.0. The molecule has 4 aliphatic heterocycles. The van der Waals surface area contributed by atoms with Crippen LogP contribution in [0.3, 0.4) is 0 Å². The number of nitrogens with zero attached hydrogens (tertiary/aromatic N) is 3. The summed E-state index contributed by atoms with van der Waals surface area (Å²) < 4.78 is 73.4. The highest BCUT2D eigenvalue weighted by Crippen LogP contribution is 2.41. The second-order valence-electron chi connectivity index (χ2n) is 27.0. The lowest BCUT2D eigenvalue weighted by atomic mass is 9.76. The van der Waals surface area contributed by atoms with Crippen LogP contribution in [0, 0.1) is 40.2 Å². The topological polar surface area (TPSA) is 417 Å². The van der Waals surface area contributed by atoms with Crippen LogP contribution in [0.4, 0.5) is 8.78 Å². The Bertz CT molecular complexity index is 2870. The molecule has 0 spiro atoms. The Kier molecular flexibility index (Phi) is 27.5. The van der Waals surface area contributed by atoms with E-state index in [4.69, 9.17) is 44.6 Å². The minimum atomic E-state index is -1.85. The number of rotatable bonds is 29. The SMILES string of the molecule is CCC1CC(CNCCNCC2CC(N/C=C(\N)c3cccc(F)c3)C(O)[C@@H](O[C@H]3OC(CO)[C@@H](N=O)C(N(O)/C=C(\N)c4cccc(F)c4)C3O)C2)C[C@H](O[C@H]2OC(CO)[C@@H](O)C(O[C@@H](CC3CCCCC3)C(=O)N3CCC3)C2NC(C)=O)C1OC1O[C@@H](C)C(O)C(O)[C@H]1O. The summed E-state index contributed by atoms with van der Waals surface area (Å²) in [6.07, 6.45) is -11.9. The van der Waals surface area contributed by atoms with Crippen molar-refractivity contribution in [3.05, 3.63) is 88.6 Å². The lowest BCUT2D eigenvalue weighted by molar-refractivity contribution is -0.339. The molecule has 17 N–H and O–H groups in total. The van der Waals surface area contributed by atoms with Gasteiger partial charge in [-0.2, -0.15) is 4.91 Å². The molecule has 3 aliphatic carbocycles. The Hall–Kier alpha value is -5.20. The Morgan fingerprint density at radius 3 is 1.95 bits per heavy atom. The third-order valence-electron chi connectivity index (χ3n) is 20.1. The summed E-state index contributed by atoms with van der Waals surface area (Å²) in [5.41, 5.74) is 13.2. The van der Waals surface area contributed by atoms with Crippen LogP contribution in [0.25, 0.3) is 11.4 Å². The lowest BCUT2D eigenvalue weighted by Crippen LogP contribution is -2.67. The standard InChI is InChI=1S/C66H101F2N9O19/c1-4-39-21-37(25-48(61(39)96-66-60(86)59(85)55(81)34(2)90-66)93-64-53(74-35(3)80)62(57(83)51(33-79)95-64)91-49(63(87)76-19-10-20-76)23-36-11-6-5-7-12-36)28-71-17-18-72-29-38-22-46(73-30-44(69)40-13-8-15-42(67)26-40)56(82)47(24-38)92-65-58(84)54(52(75-88)50(32-78)94-65)77(89)31-45(70)41-14-9-16-43(68)27-41/h8-9,13-16,26-27,30-31,34,36-39,46-62,64-66,71-73,78-79,81-86,89H,4-7,10-12,17-25,28-29,32-33,69-70H2,1-3H3,(H,74,80)/b44-30-,45-31-/t34-,37?,38?,39?,46?,47-,48-,49-,50?,51?,52+,53?,54?,55?,56?,57+,58?,59?,60+,61?,62?,64-,65-,66?/m0/s1. The van der Waals surface area contributed by atoms with Gasteiger partial charge in [-0.1, -0.05) is 74.9 Å². The number of carbonyl (C=O) groups is 2. The minimum absolute atomic E-state index is 0.108. The second kappa shape index (κ2) is 35.2. The summed E-state index contributed by atoms with van der Waals surface area (Å²) in [4.78, 5) is 41.4. The number of aliphatic hydroxyl groups excluding tert-OH is 8. The zero-order valence-electron chi connectivity index (χ0n) is 54.7. The Balaban J connectivity index is 0.892. The number of nitrogens with two attached hydrogens (primary N) is 2. The molecule has 9 rings (SSSR count). The molecular formula is C66H101F2N9O19. The van der Waals surface area contributed by atoms with E-state index < -0.39 is 159 Å². The number of likely N-dealkylation sites (tertiary alicyclic amines) is 1. The van der Waals surface area contributed by atoms with E-state index in [1.54, 1.807) is 17.9 Å². The maximum absolute atomic E-state index is 14.3. The van der Waals surface area contributed by atoms with Crippen molar-refractivity contribution in [3.8, 4) is 0 Å². The van der Waals surface area contributed by atoms with Gasteiger partial charge < -0.3 is 112 Å². The maximum Gasteiger partial charge on any atom is 0.251 e. The predicted octanol–water partition coefficient (Wildman–Crippen LogP) is 0.319. The van der Waals surface area contributed by atoms with Gasteiger partial charge in [0.05, 0.1) is 61.3 Å². The fourth-order valence-corrected chi connectivity index (χ4v) is 14.7. The number of ether oxygens (including phenoxy) is 7. The van der Waals surface area contributed by atoms with Gasteiger partial charge in [0.25, 0.3) is 5.91 Å². The maximum atomic E-state index is 14.3. The fourth-order valence-electron chi connectivity index (χ4n) is 14.7. The highest BCUT2D eigenvalue weighted by molar-refractivity contribution is 5.81. The molecule has 28 nitrogen and oxygen atoms in total. The number of nitrogens with one attached hydrogen (secondary N) is 4. The molecule has 0 bridgehead atoms. The fraction of sp³-hybridized carbons (Fsp3) is 0.727. The Labute approximate surface area is 557 Å². The highest BCUT2D eigenvalue weighted by Gasteiger charge is 2.54. The van der Waals surface area contributed by atoms with Gasteiger partial charge in [0.15, 0.2) is 18.9 Å². The van der Waals surface area contributed by atoms with Crippen molar-refractivity contribution in [2.75, 3.05) is 52.5 Å². The highest BCUT2D eigenvalue weighted by atomic mass is 19.1. The van der Waals surface area contributed by atoms with Crippen LogP contribution in [0.5, 0.6) is 0 Å². The average molecular weight is 1360 g/mol. The summed E-state index contributed by atoms with van der Waals surface area (Å²) in [5, 5.41) is 118. The van der Waals surface area contributed by atoms with Gasteiger partial charge in [-0.15, -0.1) is 0 Å². The van der Waals surface area contributed by atoms with Gasteiger partial charge in [-0.25, -0.2) is 8.78 Å². The molecule has 2 aromatic rings. The average Bonchev–Trinajstić information content (AvgIpc) is 0.792. The molecule has 2 amide bonds. The molecule has 7 fully saturated rings. The summed E-state index contributed by atoms with van der Waals surface area (Å²) in [7, 11) is 0. The van der Waals surface area contributed by atoms with E-state index in [1.807, 2.05) is 6.92 Å². The number of benzene rings is 2. The van der Waals surface area contributed by atoms with Crippen LogP contribution < -0.4 is 32.7 Å². The number of hydroxylamine groups is 2. The van der Waals surface area contributed by atoms with Crippen LogP contribution in [0.2, 0.25) is 0 Å². The molecule has 0 aromatic heterocycles. The van der Waals surface area contributed by atoms with Crippen LogP contribution >= 0.6 is 0 Å². The van der Waals surface area contributed by atoms with Crippen molar-refractivity contribution in [1.29, 1.82) is 0 Å². The normalized spacial score (nSPS) is 36.7. The Morgan fingerprint density at radius 1 is 0.729 bits per heavy atom. The quantitative estimate of drug-likeness (QED) is 0.0296. The molecule has 2 aromatic carbocycles. The van der Waals surface area contributed by atoms with Gasteiger partial charge in [-0.3, -0.25) is 19.9 Å². The van der Waals surface area contributed by atoms with Crippen molar-refractivity contribution < 1.29 is 97.6 Å². The third kappa shape index (κ3) is 18.8. The molecule has 96 heavy (non-hydrogen) atoms. The third-order valence-corrected chi connectivity index (χ3v) is 20.1. The van der Waals surface area contributed by atoms with Crippen molar-refractivity contribution in [2.45, 2.75) is 226 Å². The number of amides is 2. The first-order valence-electron chi connectivity index (χ1n) is 34.0. The zero-order valence-corrected chi connectivity index (χ0v) is 54.7. The summed E-state index contributed by atoms with van der Waals surface area (Å²) >= 11 is 0. The number of carbonyl (C=O) groups excluding carboxylic acids is 2. The van der Waals surface area contributed by atoms with Crippen LogP contribution in [0.1, 0.15) is 109 Å². The van der Waals surface area contributed by atoms with Gasteiger partial charge >= 0.3 is 0 Å².